The van der Waals surface area contributed by atoms with Crippen LogP contribution in [0.25, 0.3) is 0 Å². The summed E-state index contributed by atoms with van der Waals surface area (Å²) in [7, 11) is -8.36. The molecule has 3 aromatic carbocycles. The molecule has 0 unspecified atom stereocenters. The van der Waals surface area contributed by atoms with Crippen LogP contribution in [0.5, 0.6) is 0 Å². The zero-order chi connectivity index (χ0) is 20.4. The number of anilines is 2. The fourth-order valence-electron chi connectivity index (χ4n) is 2.36. The standard InChI is InChI=1S/C18H14Cl2N2O4S2/c19-13-11-16(27(23,24)21-14-7-3-1-4-8-14)18(20)17(12-13)28(25,26)22-15-9-5-2-6-10-15/h1-12,21-22H. The molecule has 3 rings (SSSR count). The fraction of sp³-hybridized carbons (Fsp3) is 0. The maximum Gasteiger partial charge on any atom is 0.263 e. The van der Waals surface area contributed by atoms with Gasteiger partial charge in [-0.3, -0.25) is 9.44 Å². The lowest BCUT2D eigenvalue weighted by Gasteiger charge is -2.14. The molecule has 0 spiro atoms. The summed E-state index contributed by atoms with van der Waals surface area (Å²) in [6.45, 7) is 0. The minimum atomic E-state index is -4.18. The van der Waals surface area contributed by atoms with E-state index < -0.39 is 34.9 Å². The molecule has 0 aliphatic carbocycles. The van der Waals surface area contributed by atoms with Gasteiger partial charge in [0.1, 0.15) is 9.79 Å². The van der Waals surface area contributed by atoms with Gasteiger partial charge in [0.25, 0.3) is 20.0 Å². The quantitative estimate of drug-likeness (QED) is 0.566. The third-order valence-corrected chi connectivity index (χ3v) is 7.26. The molecule has 10 heteroatoms. The van der Waals surface area contributed by atoms with Gasteiger partial charge in [0.2, 0.25) is 0 Å². The highest BCUT2D eigenvalue weighted by atomic mass is 35.5. The third-order valence-electron chi connectivity index (χ3n) is 3.60. The van der Waals surface area contributed by atoms with E-state index in [-0.39, 0.29) is 5.02 Å². The molecule has 0 saturated carbocycles. The number of hydrogen-bond acceptors (Lipinski definition) is 4. The van der Waals surface area contributed by atoms with Crippen LogP contribution in [0.4, 0.5) is 11.4 Å². The molecule has 0 heterocycles. The lowest BCUT2D eigenvalue weighted by Crippen LogP contribution is -2.17. The Labute approximate surface area is 173 Å². The van der Waals surface area contributed by atoms with Gasteiger partial charge in [-0.15, -0.1) is 0 Å². The van der Waals surface area contributed by atoms with E-state index >= 15 is 0 Å². The maximum atomic E-state index is 12.7. The highest BCUT2D eigenvalue weighted by Crippen LogP contribution is 2.34. The number of hydrogen-bond donors (Lipinski definition) is 2. The summed E-state index contributed by atoms with van der Waals surface area (Å²) in [5.41, 5.74) is 0.593. The second kappa shape index (κ2) is 8.00. The molecule has 0 bridgehead atoms. The van der Waals surface area contributed by atoms with Gasteiger partial charge in [0.05, 0.1) is 5.02 Å². The van der Waals surface area contributed by atoms with Gasteiger partial charge in [0.15, 0.2) is 0 Å². The summed E-state index contributed by atoms with van der Waals surface area (Å²) in [4.78, 5) is -0.891. The SMILES string of the molecule is O=S(=O)(Nc1ccccc1)c1cc(Cl)cc(S(=O)(=O)Nc2ccccc2)c1Cl. The van der Waals surface area contributed by atoms with Gasteiger partial charge < -0.3 is 0 Å². The van der Waals surface area contributed by atoms with E-state index in [4.69, 9.17) is 23.2 Å². The molecule has 0 saturated heterocycles. The van der Waals surface area contributed by atoms with Crippen molar-refractivity contribution in [2.75, 3.05) is 9.44 Å². The summed E-state index contributed by atoms with van der Waals surface area (Å²) in [6.07, 6.45) is 0. The summed E-state index contributed by atoms with van der Waals surface area (Å²) in [5, 5.41) is -0.553. The smallest absolute Gasteiger partial charge is 0.263 e. The van der Waals surface area contributed by atoms with E-state index in [2.05, 4.69) is 9.44 Å². The highest BCUT2D eigenvalue weighted by molar-refractivity contribution is 7.93. The Morgan fingerprint density at radius 3 is 1.32 bits per heavy atom. The largest absolute Gasteiger partial charge is 0.280 e. The number of para-hydroxylation sites is 2. The zero-order valence-corrected chi connectivity index (χ0v) is 17.3. The van der Waals surface area contributed by atoms with Crippen LogP contribution in [0.15, 0.2) is 82.6 Å². The third kappa shape index (κ3) is 4.59. The van der Waals surface area contributed by atoms with E-state index in [0.29, 0.717) is 11.4 Å². The van der Waals surface area contributed by atoms with Crippen LogP contribution in [0.3, 0.4) is 0 Å². The molecule has 2 N–H and O–H groups in total. The van der Waals surface area contributed by atoms with Crippen molar-refractivity contribution in [3.63, 3.8) is 0 Å². The van der Waals surface area contributed by atoms with Crippen molar-refractivity contribution in [3.8, 4) is 0 Å². The van der Waals surface area contributed by atoms with Gasteiger partial charge in [-0.2, -0.15) is 0 Å². The van der Waals surface area contributed by atoms with E-state index in [9.17, 15) is 16.8 Å². The highest BCUT2D eigenvalue weighted by Gasteiger charge is 2.27. The summed E-state index contributed by atoms with van der Waals surface area (Å²) < 4.78 is 55.7. The van der Waals surface area contributed by atoms with Gasteiger partial charge in [-0.25, -0.2) is 16.8 Å². The number of sulfonamides is 2. The van der Waals surface area contributed by atoms with Gasteiger partial charge >= 0.3 is 0 Å². The Morgan fingerprint density at radius 1 is 0.607 bits per heavy atom. The van der Waals surface area contributed by atoms with Crippen LogP contribution in [0, 0.1) is 0 Å². The number of nitrogens with one attached hydrogen (secondary N) is 2. The van der Waals surface area contributed by atoms with E-state index in [1.54, 1.807) is 60.7 Å². The van der Waals surface area contributed by atoms with Crippen LogP contribution >= 0.6 is 23.2 Å². The van der Waals surface area contributed by atoms with Crippen LogP contribution in [-0.2, 0) is 20.0 Å². The molecule has 6 nitrogen and oxygen atoms in total. The molecule has 0 aliphatic heterocycles. The van der Waals surface area contributed by atoms with E-state index in [0.717, 1.165) is 12.1 Å². The minimum Gasteiger partial charge on any atom is -0.280 e. The number of rotatable bonds is 6. The van der Waals surface area contributed by atoms with E-state index in [1.165, 1.54) is 0 Å². The monoisotopic (exact) mass is 456 g/mol. The second-order valence-electron chi connectivity index (χ2n) is 5.66. The predicted molar refractivity (Wildman–Crippen MR) is 111 cm³/mol. The van der Waals surface area contributed by atoms with Crippen molar-refractivity contribution >= 4 is 54.6 Å². The van der Waals surface area contributed by atoms with Crippen molar-refractivity contribution in [2.45, 2.75) is 9.79 Å². The molecular formula is C18H14Cl2N2O4S2. The lowest BCUT2D eigenvalue weighted by atomic mass is 10.3. The molecule has 0 amide bonds. The number of halogens is 2. The Bertz CT molecular complexity index is 1110. The van der Waals surface area contributed by atoms with Crippen LogP contribution in [-0.4, -0.2) is 16.8 Å². The molecule has 28 heavy (non-hydrogen) atoms. The predicted octanol–water partition coefficient (Wildman–Crippen LogP) is 4.60. The number of benzene rings is 3. The Morgan fingerprint density at radius 2 is 0.964 bits per heavy atom. The normalized spacial score (nSPS) is 11.8. The van der Waals surface area contributed by atoms with Gasteiger partial charge in [-0.1, -0.05) is 59.6 Å². The molecular weight excluding hydrogens is 443 g/mol. The first-order chi connectivity index (χ1) is 13.2. The summed E-state index contributed by atoms with van der Waals surface area (Å²) in [5.74, 6) is 0. The molecule has 146 valence electrons. The van der Waals surface area contributed by atoms with Crippen LogP contribution < -0.4 is 9.44 Å². The van der Waals surface area contributed by atoms with Gasteiger partial charge in [-0.05, 0) is 36.4 Å². The maximum absolute atomic E-state index is 12.7. The first kappa shape index (κ1) is 20.5. The van der Waals surface area contributed by atoms with Crippen molar-refractivity contribution in [1.82, 2.24) is 0 Å². The Balaban J connectivity index is 2.05. The molecule has 0 atom stereocenters. The Kier molecular flexibility index (Phi) is 5.85. The average Bonchev–Trinajstić information content (AvgIpc) is 2.64. The molecule has 3 aromatic rings. The molecule has 0 fully saturated rings. The zero-order valence-electron chi connectivity index (χ0n) is 14.1. The van der Waals surface area contributed by atoms with Crippen molar-refractivity contribution < 1.29 is 16.8 Å². The Hall–Kier alpha value is -2.26. The second-order valence-corrected chi connectivity index (χ2v) is 9.78. The summed E-state index contributed by atoms with van der Waals surface area (Å²) in [6, 6.07) is 18.4. The summed E-state index contributed by atoms with van der Waals surface area (Å²) >= 11 is 12.2. The minimum absolute atomic E-state index is 0.0914. The van der Waals surface area contributed by atoms with Gasteiger partial charge in [0, 0.05) is 16.4 Å². The first-order valence-electron chi connectivity index (χ1n) is 7.84. The topological polar surface area (TPSA) is 92.3 Å². The average molecular weight is 457 g/mol. The molecule has 0 aromatic heterocycles. The van der Waals surface area contributed by atoms with Crippen molar-refractivity contribution in [2.24, 2.45) is 0 Å². The van der Waals surface area contributed by atoms with E-state index in [1.807, 2.05) is 0 Å². The lowest BCUT2D eigenvalue weighted by molar-refractivity contribution is 0.599. The fourth-order valence-corrected chi connectivity index (χ4v) is 5.86. The van der Waals surface area contributed by atoms with Crippen LogP contribution in [0.2, 0.25) is 10.0 Å². The molecule has 0 aliphatic rings. The molecule has 0 radical (unpaired) electrons. The van der Waals surface area contributed by atoms with Crippen molar-refractivity contribution in [1.29, 1.82) is 0 Å². The van der Waals surface area contributed by atoms with Crippen LogP contribution in [0.1, 0.15) is 0 Å². The first-order valence-corrected chi connectivity index (χ1v) is 11.6. The van der Waals surface area contributed by atoms with Crippen molar-refractivity contribution in [3.05, 3.63) is 82.8 Å².